The van der Waals surface area contributed by atoms with Gasteiger partial charge in [-0.3, -0.25) is 9.59 Å². The van der Waals surface area contributed by atoms with Crippen molar-refractivity contribution >= 4 is 23.6 Å². The Hall–Kier alpha value is -1.56. The molecule has 0 atom stereocenters. The van der Waals surface area contributed by atoms with E-state index in [0.29, 0.717) is 10.6 Å². The van der Waals surface area contributed by atoms with E-state index in [1.54, 1.807) is 18.2 Å². The summed E-state index contributed by atoms with van der Waals surface area (Å²) in [6, 6.07) is 6.33. The molecule has 0 spiro atoms. The number of aliphatic carboxylic acids is 1. The van der Waals surface area contributed by atoms with Gasteiger partial charge in [-0.1, -0.05) is 12.1 Å². The normalized spacial score (nSPS) is 10.1. The van der Waals surface area contributed by atoms with Crippen molar-refractivity contribution in [2.24, 2.45) is 0 Å². The molecular weight excluding hydrogens is 257 g/mol. The summed E-state index contributed by atoms with van der Waals surface area (Å²) in [5.41, 5.74) is 0. The number of hydrogen-bond acceptors (Lipinski definition) is 3. The van der Waals surface area contributed by atoms with Crippen LogP contribution < -0.4 is 0 Å². The number of amides is 1. The quantitative estimate of drug-likeness (QED) is 0.802. The van der Waals surface area contributed by atoms with Crippen molar-refractivity contribution in [1.29, 1.82) is 0 Å². The minimum atomic E-state index is -1.05. The lowest BCUT2D eigenvalue weighted by Gasteiger charge is -2.14. The van der Waals surface area contributed by atoms with E-state index < -0.39 is 5.97 Å². The minimum absolute atomic E-state index is 0.183. The SMILES string of the molecule is CN(CC(=O)O)C(=O)CCSc1ccccc1F. The number of carbonyl (C=O) groups excluding carboxylic acids is 1. The molecule has 6 heteroatoms. The van der Waals surface area contributed by atoms with Gasteiger partial charge in [0, 0.05) is 24.1 Å². The third-order valence-electron chi connectivity index (χ3n) is 2.21. The lowest BCUT2D eigenvalue weighted by molar-refractivity contribution is -0.143. The summed E-state index contributed by atoms with van der Waals surface area (Å²) in [6.07, 6.45) is 0.183. The number of nitrogens with zero attached hydrogens (tertiary/aromatic N) is 1. The molecule has 0 saturated carbocycles. The number of likely N-dealkylation sites (N-methyl/N-ethyl adjacent to an activating group) is 1. The van der Waals surface area contributed by atoms with Gasteiger partial charge in [-0.2, -0.15) is 0 Å². The van der Waals surface area contributed by atoms with Gasteiger partial charge in [-0.15, -0.1) is 11.8 Å². The first-order valence-corrected chi connectivity index (χ1v) is 6.32. The molecule has 0 heterocycles. The molecule has 0 aliphatic heterocycles. The Morgan fingerprint density at radius 1 is 1.39 bits per heavy atom. The minimum Gasteiger partial charge on any atom is -0.480 e. The molecule has 0 aromatic heterocycles. The van der Waals surface area contributed by atoms with E-state index in [1.165, 1.54) is 24.9 Å². The van der Waals surface area contributed by atoms with E-state index in [0.717, 1.165) is 4.90 Å². The van der Waals surface area contributed by atoms with Crippen LogP contribution in [0.2, 0.25) is 0 Å². The number of halogens is 1. The van der Waals surface area contributed by atoms with E-state index in [9.17, 15) is 14.0 Å². The van der Waals surface area contributed by atoms with Gasteiger partial charge < -0.3 is 10.0 Å². The fraction of sp³-hybridized carbons (Fsp3) is 0.333. The van der Waals surface area contributed by atoms with Crippen LogP contribution in [0.4, 0.5) is 4.39 Å². The molecule has 1 rings (SSSR count). The maximum Gasteiger partial charge on any atom is 0.323 e. The van der Waals surface area contributed by atoms with Gasteiger partial charge in [0.05, 0.1) is 0 Å². The maximum atomic E-state index is 13.3. The Labute approximate surface area is 109 Å². The van der Waals surface area contributed by atoms with Crippen molar-refractivity contribution < 1.29 is 19.1 Å². The van der Waals surface area contributed by atoms with E-state index in [2.05, 4.69) is 0 Å². The topological polar surface area (TPSA) is 57.6 Å². The van der Waals surface area contributed by atoms with Crippen LogP contribution in [0.5, 0.6) is 0 Å². The van der Waals surface area contributed by atoms with Gasteiger partial charge in [0.25, 0.3) is 0 Å². The number of benzene rings is 1. The van der Waals surface area contributed by atoms with Crippen molar-refractivity contribution in [2.45, 2.75) is 11.3 Å². The van der Waals surface area contributed by atoms with Crippen molar-refractivity contribution in [3.63, 3.8) is 0 Å². The second kappa shape index (κ2) is 7.00. The zero-order valence-corrected chi connectivity index (χ0v) is 10.7. The largest absolute Gasteiger partial charge is 0.480 e. The van der Waals surface area contributed by atoms with E-state index >= 15 is 0 Å². The van der Waals surface area contributed by atoms with Crippen LogP contribution in [0.25, 0.3) is 0 Å². The van der Waals surface area contributed by atoms with Crippen LogP contribution in [-0.2, 0) is 9.59 Å². The van der Waals surface area contributed by atoms with Crippen molar-refractivity contribution in [3.8, 4) is 0 Å². The van der Waals surface area contributed by atoms with Crippen LogP contribution in [-0.4, -0.2) is 41.2 Å². The van der Waals surface area contributed by atoms with Crippen LogP contribution in [0.1, 0.15) is 6.42 Å². The molecule has 0 saturated heterocycles. The molecule has 0 fully saturated rings. The summed E-state index contributed by atoms with van der Waals surface area (Å²) in [5.74, 6) is -1.20. The Bertz CT molecular complexity index is 439. The van der Waals surface area contributed by atoms with E-state index in [-0.39, 0.29) is 24.7 Å². The fourth-order valence-electron chi connectivity index (χ4n) is 1.29. The van der Waals surface area contributed by atoms with Crippen molar-refractivity contribution in [2.75, 3.05) is 19.3 Å². The van der Waals surface area contributed by atoms with Crippen LogP contribution in [0.15, 0.2) is 29.2 Å². The Balaban J connectivity index is 2.36. The predicted molar refractivity (Wildman–Crippen MR) is 67.0 cm³/mol. The van der Waals surface area contributed by atoms with Gasteiger partial charge in [-0.25, -0.2) is 4.39 Å². The highest BCUT2D eigenvalue weighted by Crippen LogP contribution is 2.21. The molecule has 0 unspecified atom stereocenters. The van der Waals surface area contributed by atoms with Crippen LogP contribution >= 0.6 is 11.8 Å². The molecule has 0 bridgehead atoms. The molecule has 0 aliphatic rings. The predicted octanol–water partition coefficient (Wildman–Crippen LogP) is 1.85. The van der Waals surface area contributed by atoms with E-state index in [1.807, 2.05) is 0 Å². The monoisotopic (exact) mass is 271 g/mol. The van der Waals surface area contributed by atoms with Gasteiger partial charge in [-0.05, 0) is 12.1 Å². The molecule has 1 aromatic rings. The number of carbonyl (C=O) groups is 2. The Morgan fingerprint density at radius 2 is 2.06 bits per heavy atom. The van der Waals surface area contributed by atoms with Crippen LogP contribution in [0.3, 0.4) is 0 Å². The molecule has 1 aromatic carbocycles. The first-order valence-electron chi connectivity index (χ1n) is 5.34. The Morgan fingerprint density at radius 3 is 2.67 bits per heavy atom. The number of thioether (sulfide) groups is 1. The second-order valence-electron chi connectivity index (χ2n) is 3.67. The maximum absolute atomic E-state index is 13.3. The average Bonchev–Trinajstić information content (AvgIpc) is 2.30. The first kappa shape index (κ1) is 14.5. The molecule has 4 nitrogen and oxygen atoms in total. The Kier molecular flexibility index (Phi) is 5.64. The lowest BCUT2D eigenvalue weighted by Crippen LogP contribution is -2.32. The average molecular weight is 271 g/mol. The third-order valence-corrected chi connectivity index (χ3v) is 3.26. The molecule has 18 heavy (non-hydrogen) atoms. The molecule has 1 N–H and O–H groups in total. The smallest absolute Gasteiger partial charge is 0.323 e. The second-order valence-corrected chi connectivity index (χ2v) is 4.81. The van der Waals surface area contributed by atoms with E-state index in [4.69, 9.17) is 5.11 Å². The summed E-state index contributed by atoms with van der Waals surface area (Å²) in [7, 11) is 1.43. The molecule has 0 aliphatic carbocycles. The number of carboxylic acid groups (broad SMARTS) is 1. The van der Waals surface area contributed by atoms with Gasteiger partial charge in [0.15, 0.2) is 0 Å². The van der Waals surface area contributed by atoms with Gasteiger partial charge in [0.2, 0.25) is 5.91 Å². The summed E-state index contributed by atoms with van der Waals surface area (Å²) in [4.78, 5) is 23.5. The summed E-state index contributed by atoms with van der Waals surface area (Å²) in [5, 5.41) is 8.52. The lowest BCUT2D eigenvalue weighted by atomic mass is 10.3. The first-order chi connectivity index (χ1) is 8.50. The number of carboxylic acids is 1. The fourth-order valence-corrected chi connectivity index (χ4v) is 2.17. The van der Waals surface area contributed by atoms with Crippen LogP contribution in [0, 0.1) is 5.82 Å². The highest BCUT2D eigenvalue weighted by atomic mass is 32.2. The molecular formula is C12H14FNO3S. The van der Waals surface area contributed by atoms with Gasteiger partial charge >= 0.3 is 5.97 Å². The molecule has 98 valence electrons. The van der Waals surface area contributed by atoms with Crippen molar-refractivity contribution in [3.05, 3.63) is 30.1 Å². The molecule has 1 amide bonds. The van der Waals surface area contributed by atoms with Crippen molar-refractivity contribution in [1.82, 2.24) is 4.90 Å². The van der Waals surface area contributed by atoms with Gasteiger partial charge in [0.1, 0.15) is 12.4 Å². The highest BCUT2D eigenvalue weighted by Gasteiger charge is 2.12. The summed E-state index contributed by atoms with van der Waals surface area (Å²) >= 11 is 1.24. The summed E-state index contributed by atoms with van der Waals surface area (Å²) in [6.45, 7) is -0.316. The number of hydrogen-bond donors (Lipinski definition) is 1. The number of rotatable bonds is 6. The third kappa shape index (κ3) is 4.75. The standard InChI is InChI=1S/C12H14FNO3S/c1-14(8-12(16)17)11(15)6-7-18-10-5-3-2-4-9(10)13/h2-5H,6-8H2,1H3,(H,16,17). The summed E-state index contributed by atoms with van der Waals surface area (Å²) < 4.78 is 13.3. The highest BCUT2D eigenvalue weighted by molar-refractivity contribution is 7.99. The molecule has 0 radical (unpaired) electrons. The zero-order valence-electron chi connectivity index (χ0n) is 9.93. The zero-order chi connectivity index (χ0) is 13.5.